The van der Waals surface area contributed by atoms with Crippen LogP contribution in [0.1, 0.15) is 49.8 Å². The lowest BCUT2D eigenvalue weighted by Crippen LogP contribution is -2.13. The summed E-state index contributed by atoms with van der Waals surface area (Å²) in [5, 5.41) is 13.8. The zero-order chi connectivity index (χ0) is 11.7. The number of hydrogen-bond acceptors (Lipinski definition) is 2. The minimum Gasteiger partial charge on any atom is -0.506 e. The zero-order valence-corrected chi connectivity index (χ0v) is 10.5. The molecule has 2 N–H and O–H groups in total. The molecule has 1 saturated heterocycles. The standard InChI is InChI=1S/C13H18ClNO/c1-8(2)9-6-10(12-4-3-5-15-12)13(16)11(14)7-9/h6-8,12,15-16H,3-5H2,1-2H3. The van der Waals surface area contributed by atoms with Crippen LogP contribution in [0.25, 0.3) is 0 Å². The first-order valence-corrected chi connectivity index (χ1v) is 6.23. The molecule has 1 fully saturated rings. The molecule has 1 atom stereocenters. The third-order valence-corrected chi connectivity index (χ3v) is 3.51. The van der Waals surface area contributed by atoms with E-state index in [0.29, 0.717) is 10.9 Å². The van der Waals surface area contributed by atoms with Crippen LogP contribution in [0.2, 0.25) is 5.02 Å². The maximum Gasteiger partial charge on any atom is 0.138 e. The lowest BCUT2D eigenvalue weighted by Gasteiger charge is -2.16. The van der Waals surface area contributed by atoms with Gasteiger partial charge in [-0.05, 0) is 36.9 Å². The van der Waals surface area contributed by atoms with E-state index in [0.717, 1.165) is 24.9 Å². The number of hydrogen-bond donors (Lipinski definition) is 2. The SMILES string of the molecule is CC(C)c1cc(Cl)c(O)c(C2CCCN2)c1. The van der Waals surface area contributed by atoms with Gasteiger partial charge >= 0.3 is 0 Å². The first-order valence-electron chi connectivity index (χ1n) is 5.85. The van der Waals surface area contributed by atoms with E-state index < -0.39 is 0 Å². The van der Waals surface area contributed by atoms with Gasteiger partial charge in [0.1, 0.15) is 5.75 Å². The second kappa shape index (κ2) is 4.64. The van der Waals surface area contributed by atoms with Gasteiger partial charge < -0.3 is 10.4 Å². The van der Waals surface area contributed by atoms with Crippen molar-refractivity contribution in [1.29, 1.82) is 0 Å². The minimum atomic E-state index is 0.241. The molecule has 0 amide bonds. The molecule has 1 aliphatic heterocycles. The Hall–Kier alpha value is -0.730. The molecule has 0 bridgehead atoms. The van der Waals surface area contributed by atoms with E-state index in [4.69, 9.17) is 11.6 Å². The Kier molecular flexibility index (Phi) is 3.41. The zero-order valence-electron chi connectivity index (χ0n) is 9.76. The number of aromatic hydroxyl groups is 1. The Labute approximate surface area is 102 Å². The smallest absolute Gasteiger partial charge is 0.138 e. The molecular formula is C13H18ClNO. The van der Waals surface area contributed by atoms with Crippen LogP contribution in [0.3, 0.4) is 0 Å². The summed E-state index contributed by atoms with van der Waals surface area (Å²) in [6.07, 6.45) is 2.24. The van der Waals surface area contributed by atoms with Crippen LogP contribution < -0.4 is 5.32 Å². The molecule has 1 unspecified atom stereocenters. The summed E-state index contributed by atoms with van der Waals surface area (Å²) in [7, 11) is 0. The fourth-order valence-electron chi connectivity index (χ4n) is 2.19. The van der Waals surface area contributed by atoms with Gasteiger partial charge in [-0.15, -0.1) is 0 Å². The third-order valence-electron chi connectivity index (χ3n) is 3.22. The molecule has 88 valence electrons. The quantitative estimate of drug-likeness (QED) is 0.827. The van der Waals surface area contributed by atoms with Gasteiger partial charge in [0.25, 0.3) is 0 Å². The van der Waals surface area contributed by atoms with E-state index >= 15 is 0 Å². The van der Waals surface area contributed by atoms with E-state index in [1.54, 1.807) is 0 Å². The summed E-state index contributed by atoms with van der Waals surface area (Å²) >= 11 is 6.06. The van der Waals surface area contributed by atoms with Gasteiger partial charge in [0.15, 0.2) is 0 Å². The molecule has 3 heteroatoms. The molecule has 0 saturated carbocycles. The first-order chi connectivity index (χ1) is 7.59. The summed E-state index contributed by atoms with van der Waals surface area (Å²) in [4.78, 5) is 0. The predicted octanol–water partition coefficient (Wildman–Crippen LogP) is 3.59. The Morgan fingerprint density at radius 1 is 1.44 bits per heavy atom. The fraction of sp³-hybridized carbons (Fsp3) is 0.538. The number of halogens is 1. The molecule has 0 aromatic heterocycles. The maximum absolute atomic E-state index is 9.99. The summed E-state index contributed by atoms with van der Waals surface area (Å²) in [6, 6.07) is 4.20. The van der Waals surface area contributed by atoms with Gasteiger partial charge in [-0.3, -0.25) is 0 Å². The van der Waals surface area contributed by atoms with Gasteiger partial charge in [-0.2, -0.15) is 0 Å². The number of nitrogens with one attached hydrogen (secondary N) is 1. The van der Waals surface area contributed by atoms with Crippen molar-refractivity contribution in [2.45, 2.75) is 38.6 Å². The lowest BCUT2D eigenvalue weighted by molar-refractivity contribution is 0.456. The van der Waals surface area contributed by atoms with Crippen LogP contribution in [0.4, 0.5) is 0 Å². The van der Waals surface area contributed by atoms with E-state index in [1.165, 1.54) is 5.56 Å². The van der Waals surface area contributed by atoms with Crippen molar-refractivity contribution in [3.63, 3.8) is 0 Å². The van der Waals surface area contributed by atoms with Crippen LogP contribution in [-0.2, 0) is 0 Å². The van der Waals surface area contributed by atoms with Crippen molar-refractivity contribution in [1.82, 2.24) is 5.32 Å². The molecule has 1 heterocycles. The highest BCUT2D eigenvalue weighted by molar-refractivity contribution is 6.32. The van der Waals surface area contributed by atoms with Crippen LogP contribution in [0.5, 0.6) is 5.75 Å². The molecule has 0 radical (unpaired) electrons. The van der Waals surface area contributed by atoms with Crippen molar-refractivity contribution >= 4 is 11.6 Å². The summed E-state index contributed by atoms with van der Waals surface area (Å²) < 4.78 is 0. The lowest BCUT2D eigenvalue weighted by atomic mass is 9.96. The molecular weight excluding hydrogens is 222 g/mol. The number of phenols is 1. The van der Waals surface area contributed by atoms with Crippen molar-refractivity contribution in [2.75, 3.05) is 6.54 Å². The first kappa shape index (κ1) is 11.7. The number of rotatable bonds is 2. The average Bonchev–Trinajstić information content (AvgIpc) is 2.74. The second-order valence-corrected chi connectivity index (χ2v) is 5.15. The highest BCUT2D eigenvalue weighted by Crippen LogP contribution is 2.37. The molecule has 1 aromatic rings. The van der Waals surface area contributed by atoms with Gasteiger partial charge in [0.05, 0.1) is 5.02 Å². The Morgan fingerprint density at radius 3 is 2.75 bits per heavy atom. The van der Waals surface area contributed by atoms with Crippen molar-refractivity contribution in [2.24, 2.45) is 0 Å². The van der Waals surface area contributed by atoms with Gasteiger partial charge in [0, 0.05) is 11.6 Å². The molecule has 0 spiro atoms. The van der Waals surface area contributed by atoms with Gasteiger partial charge in [-0.25, -0.2) is 0 Å². The number of benzene rings is 1. The largest absolute Gasteiger partial charge is 0.506 e. The van der Waals surface area contributed by atoms with Gasteiger partial charge in [-0.1, -0.05) is 31.5 Å². The van der Waals surface area contributed by atoms with E-state index in [2.05, 4.69) is 25.2 Å². The summed E-state index contributed by atoms with van der Waals surface area (Å²) in [6.45, 7) is 5.29. The molecule has 1 aliphatic rings. The van der Waals surface area contributed by atoms with E-state index in [1.807, 2.05) is 6.07 Å². The third kappa shape index (κ3) is 2.18. The van der Waals surface area contributed by atoms with Crippen LogP contribution in [0.15, 0.2) is 12.1 Å². The van der Waals surface area contributed by atoms with Crippen molar-refractivity contribution < 1.29 is 5.11 Å². The molecule has 1 aromatic carbocycles. The van der Waals surface area contributed by atoms with Gasteiger partial charge in [0.2, 0.25) is 0 Å². The van der Waals surface area contributed by atoms with Crippen LogP contribution >= 0.6 is 11.6 Å². The maximum atomic E-state index is 9.99. The number of phenolic OH excluding ortho intramolecular Hbond substituents is 1. The Morgan fingerprint density at radius 2 is 2.19 bits per heavy atom. The molecule has 2 rings (SSSR count). The Bertz CT molecular complexity index is 384. The minimum absolute atomic E-state index is 0.241. The van der Waals surface area contributed by atoms with Crippen LogP contribution in [0, 0.1) is 0 Å². The Balaban J connectivity index is 2.41. The normalized spacial score (nSPS) is 20.6. The van der Waals surface area contributed by atoms with E-state index in [9.17, 15) is 5.11 Å². The van der Waals surface area contributed by atoms with Crippen LogP contribution in [-0.4, -0.2) is 11.7 Å². The van der Waals surface area contributed by atoms with E-state index in [-0.39, 0.29) is 11.8 Å². The highest BCUT2D eigenvalue weighted by atomic mass is 35.5. The monoisotopic (exact) mass is 239 g/mol. The fourth-order valence-corrected chi connectivity index (χ4v) is 2.43. The summed E-state index contributed by atoms with van der Waals surface area (Å²) in [5.74, 6) is 0.670. The van der Waals surface area contributed by atoms with Crippen molar-refractivity contribution in [3.05, 3.63) is 28.3 Å². The molecule has 0 aliphatic carbocycles. The second-order valence-electron chi connectivity index (χ2n) is 4.74. The highest BCUT2D eigenvalue weighted by Gasteiger charge is 2.21. The predicted molar refractivity (Wildman–Crippen MR) is 67.2 cm³/mol. The molecule has 16 heavy (non-hydrogen) atoms. The van der Waals surface area contributed by atoms with Crippen molar-refractivity contribution in [3.8, 4) is 5.75 Å². The topological polar surface area (TPSA) is 32.3 Å². The molecule has 2 nitrogen and oxygen atoms in total. The average molecular weight is 240 g/mol. The summed E-state index contributed by atoms with van der Waals surface area (Å²) in [5.41, 5.74) is 2.14.